The maximum atomic E-state index is 13.5. The predicted octanol–water partition coefficient (Wildman–Crippen LogP) is 3.85. The fourth-order valence-electron chi connectivity index (χ4n) is 1.88. The second-order valence-electron chi connectivity index (χ2n) is 4.80. The van der Waals surface area contributed by atoms with Gasteiger partial charge in [-0.15, -0.1) is 11.8 Å². The molecule has 0 heterocycles. The fraction of sp³-hybridized carbons (Fsp3) is 0.125. The third-order valence-corrected chi connectivity index (χ3v) is 4.19. The van der Waals surface area contributed by atoms with Crippen LogP contribution in [-0.4, -0.2) is 24.6 Å². The average molecular weight is 389 g/mol. The van der Waals surface area contributed by atoms with Crippen molar-refractivity contribution in [3.05, 3.63) is 58.4 Å². The van der Waals surface area contributed by atoms with Crippen molar-refractivity contribution in [1.82, 2.24) is 5.32 Å². The lowest BCUT2D eigenvalue weighted by atomic mass is 10.2. The van der Waals surface area contributed by atoms with Crippen molar-refractivity contribution in [1.29, 1.82) is 0 Å². The van der Waals surface area contributed by atoms with Crippen molar-refractivity contribution >= 4 is 40.9 Å². The Morgan fingerprint density at radius 2 is 1.84 bits per heavy atom. The van der Waals surface area contributed by atoms with Gasteiger partial charge in [-0.2, -0.15) is 0 Å². The molecule has 0 bridgehead atoms. The summed E-state index contributed by atoms with van der Waals surface area (Å²) in [6.45, 7) is -0.503. The molecule has 0 aliphatic carbocycles. The molecule has 0 aliphatic heterocycles. The van der Waals surface area contributed by atoms with Gasteiger partial charge in [-0.25, -0.2) is 13.2 Å². The molecule has 0 saturated heterocycles. The Kier molecular flexibility index (Phi) is 6.33. The molecule has 25 heavy (non-hydrogen) atoms. The molecule has 2 rings (SSSR count). The van der Waals surface area contributed by atoms with E-state index in [-0.39, 0.29) is 10.6 Å². The molecule has 0 radical (unpaired) electrons. The Bertz CT molecular complexity index is 833. The molecule has 0 fully saturated rings. The maximum absolute atomic E-state index is 13.5. The van der Waals surface area contributed by atoms with Crippen LogP contribution in [0.3, 0.4) is 0 Å². The zero-order chi connectivity index (χ0) is 18.6. The van der Waals surface area contributed by atoms with Gasteiger partial charge < -0.3 is 10.6 Å². The molecule has 0 aliphatic rings. The lowest BCUT2D eigenvalue weighted by molar-refractivity contribution is -0.115. The van der Waals surface area contributed by atoms with Gasteiger partial charge in [0.2, 0.25) is 5.91 Å². The number of rotatable bonds is 5. The van der Waals surface area contributed by atoms with Gasteiger partial charge in [0.05, 0.1) is 22.8 Å². The largest absolute Gasteiger partial charge is 0.343 e. The van der Waals surface area contributed by atoms with Gasteiger partial charge in [-0.05, 0) is 36.6 Å². The summed E-state index contributed by atoms with van der Waals surface area (Å²) in [6, 6.07) is 6.42. The highest BCUT2D eigenvalue weighted by Gasteiger charge is 2.16. The van der Waals surface area contributed by atoms with Crippen LogP contribution in [0.15, 0.2) is 35.2 Å². The number of anilines is 1. The van der Waals surface area contributed by atoms with Gasteiger partial charge in [0.1, 0.15) is 0 Å². The van der Waals surface area contributed by atoms with Crippen LogP contribution in [0, 0.1) is 17.5 Å². The number of thioether (sulfide) groups is 1. The molecule has 2 amide bonds. The van der Waals surface area contributed by atoms with Crippen molar-refractivity contribution < 1.29 is 22.8 Å². The molecule has 9 heteroatoms. The summed E-state index contributed by atoms with van der Waals surface area (Å²) in [5.74, 6) is -5.98. The monoisotopic (exact) mass is 388 g/mol. The minimum atomic E-state index is -1.69. The minimum absolute atomic E-state index is 0.181. The van der Waals surface area contributed by atoms with Crippen LogP contribution in [0.1, 0.15) is 10.4 Å². The van der Waals surface area contributed by atoms with Gasteiger partial charge >= 0.3 is 0 Å². The lowest BCUT2D eigenvalue weighted by Gasteiger charge is -2.10. The molecule has 2 aromatic carbocycles. The van der Waals surface area contributed by atoms with Gasteiger partial charge in [0.15, 0.2) is 17.5 Å². The number of carbonyl (C=O) groups excluding carboxylic acids is 2. The predicted molar refractivity (Wildman–Crippen MR) is 90.5 cm³/mol. The van der Waals surface area contributed by atoms with E-state index in [0.29, 0.717) is 6.07 Å². The number of amides is 2. The fourth-order valence-corrected chi connectivity index (χ4v) is 2.52. The molecule has 2 N–H and O–H groups in total. The molecule has 0 aromatic heterocycles. The number of hydrogen-bond acceptors (Lipinski definition) is 3. The molecule has 4 nitrogen and oxygen atoms in total. The Hall–Kier alpha value is -2.19. The van der Waals surface area contributed by atoms with Crippen molar-refractivity contribution in [2.45, 2.75) is 4.90 Å². The summed E-state index contributed by atoms with van der Waals surface area (Å²) in [4.78, 5) is 24.7. The van der Waals surface area contributed by atoms with E-state index in [9.17, 15) is 22.8 Å². The Labute approximate surface area is 150 Å². The van der Waals surface area contributed by atoms with E-state index in [1.54, 1.807) is 18.2 Å². The second-order valence-corrected chi connectivity index (χ2v) is 6.09. The lowest BCUT2D eigenvalue weighted by Crippen LogP contribution is -2.33. The Morgan fingerprint density at radius 3 is 2.52 bits per heavy atom. The third-order valence-electron chi connectivity index (χ3n) is 3.14. The van der Waals surface area contributed by atoms with Crippen LogP contribution in [-0.2, 0) is 4.79 Å². The Morgan fingerprint density at radius 1 is 1.12 bits per heavy atom. The third kappa shape index (κ3) is 4.67. The van der Waals surface area contributed by atoms with E-state index < -0.39 is 41.5 Å². The molecule has 0 unspecified atom stereocenters. The topological polar surface area (TPSA) is 58.2 Å². The van der Waals surface area contributed by atoms with Crippen LogP contribution in [0.25, 0.3) is 0 Å². The van der Waals surface area contributed by atoms with E-state index in [4.69, 9.17) is 11.6 Å². The first-order valence-electron chi connectivity index (χ1n) is 6.88. The highest BCUT2D eigenvalue weighted by molar-refractivity contribution is 7.98. The number of hydrogen-bond donors (Lipinski definition) is 2. The summed E-state index contributed by atoms with van der Waals surface area (Å²) >= 11 is 7.36. The molecular weight excluding hydrogens is 377 g/mol. The summed E-state index contributed by atoms with van der Waals surface area (Å²) < 4.78 is 39.4. The standard InChI is InChI=1S/C16H12ClF3N2O2S/c1-25-8-2-3-10(17)9(6-8)16(24)21-7-13(23)22-12-5-4-11(18)14(19)15(12)20/h2-6H,7H2,1H3,(H,21,24)(H,22,23). The number of nitrogens with one attached hydrogen (secondary N) is 2. The smallest absolute Gasteiger partial charge is 0.253 e. The van der Waals surface area contributed by atoms with Crippen LogP contribution in [0.4, 0.5) is 18.9 Å². The van der Waals surface area contributed by atoms with E-state index in [0.717, 1.165) is 11.0 Å². The number of halogens is 4. The molecule has 0 saturated carbocycles. The highest BCUT2D eigenvalue weighted by atomic mass is 35.5. The quantitative estimate of drug-likeness (QED) is 0.604. The first-order valence-corrected chi connectivity index (χ1v) is 8.49. The van der Waals surface area contributed by atoms with Crippen molar-refractivity contribution in [2.75, 3.05) is 18.1 Å². The van der Waals surface area contributed by atoms with Crippen molar-refractivity contribution in [3.8, 4) is 0 Å². The average Bonchev–Trinajstić information content (AvgIpc) is 2.60. The molecule has 0 spiro atoms. The normalized spacial score (nSPS) is 10.4. The van der Waals surface area contributed by atoms with Gasteiger partial charge in [0.25, 0.3) is 5.91 Å². The minimum Gasteiger partial charge on any atom is -0.343 e. The summed E-state index contributed by atoms with van der Waals surface area (Å²) in [6.07, 6.45) is 1.83. The van der Waals surface area contributed by atoms with Crippen LogP contribution < -0.4 is 10.6 Å². The van der Waals surface area contributed by atoms with E-state index >= 15 is 0 Å². The first-order chi connectivity index (χ1) is 11.8. The van der Waals surface area contributed by atoms with Crippen LogP contribution >= 0.6 is 23.4 Å². The van der Waals surface area contributed by atoms with Gasteiger partial charge in [-0.1, -0.05) is 11.6 Å². The van der Waals surface area contributed by atoms with E-state index in [1.807, 2.05) is 11.6 Å². The Balaban J connectivity index is 2.01. The number of benzene rings is 2. The summed E-state index contributed by atoms with van der Waals surface area (Å²) in [5.41, 5.74) is -0.346. The molecule has 0 atom stereocenters. The summed E-state index contributed by atoms with van der Waals surface area (Å²) in [7, 11) is 0. The van der Waals surface area contributed by atoms with Crippen molar-refractivity contribution in [2.24, 2.45) is 0 Å². The van der Waals surface area contributed by atoms with Gasteiger partial charge in [-0.3, -0.25) is 9.59 Å². The zero-order valence-corrected chi connectivity index (χ0v) is 14.4. The first kappa shape index (κ1) is 19.1. The SMILES string of the molecule is CSc1ccc(Cl)c(C(=O)NCC(=O)Nc2ccc(F)c(F)c2F)c1. The highest BCUT2D eigenvalue weighted by Crippen LogP contribution is 2.23. The van der Waals surface area contributed by atoms with Crippen molar-refractivity contribution in [3.63, 3.8) is 0 Å². The second kappa shape index (κ2) is 8.26. The zero-order valence-electron chi connectivity index (χ0n) is 12.8. The van der Waals surface area contributed by atoms with E-state index in [1.165, 1.54) is 11.8 Å². The molecule has 132 valence electrons. The van der Waals surface area contributed by atoms with E-state index in [2.05, 4.69) is 5.32 Å². The number of carbonyl (C=O) groups is 2. The summed E-state index contributed by atoms with van der Waals surface area (Å²) in [5, 5.41) is 4.58. The maximum Gasteiger partial charge on any atom is 0.253 e. The molecular formula is C16H12ClF3N2O2S. The molecule has 2 aromatic rings. The van der Waals surface area contributed by atoms with Crippen LogP contribution in [0.5, 0.6) is 0 Å². The van der Waals surface area contributed by atoms with Gasteiger partial charge in [0, 0.05) is 4.90 Å². The van der Waals surface area contributed by atoms with Crippen LogP contribution in [0.2, 0.25) is 5.02 Å².